The van der Waals surface area contributed by atoms with Crippen LogP contribution in [0.4, 0.5) is 10.1 Å². The van der Waals surface area contributed by atoms with Gasteiger partial charge in [0.1, 0.15) is 5.82 Å². The second-order valence-electron chi connectivity index (χ2n) is 5.81. The molecule has 0 saturated carbocycles. The standard InChI is InChI=1S/C18H16FN3O/c19-14-9-2-1-7-12(14)15-13-8-3-5-11-6-4-10-22(16(11)13)18(23)17(20)21-15/h1-3,5,7-9,17H,4,6,10,20H2. The number of rotatable bonds is 1. The molecule has 0 aliphatic carbocycles. The van der Waals surface area contributed by atoms with Crippen molar-refractivity contribution in [3.63, 3.8) is 0 Å². The van der Waals surface area contributed by atoms with E-state index in [-0.39, 0.29) is 11.7 Å². The molecule has 0 bridgehead atoms. The lowest BCUT2D eigenvalue weighted by Gasteiger charge is -2.30. The highest BCUT2D eigenvalue weighted by atomic mass is 19.1. The van der Waals surface area contributed by atoms with Crippen molar-refractivity contribution in [2.24, 2.45) is 10.7 Å². The van der Waals surface area contributed by atoms with Crippen LogP contribution in [0.2, 0.25) is 0 Å². The van der Waals surface area contributed by atoms with Crippen LogP contribution in [0.5, 0.6) is 0 Å². The van der Waals surface area contributed by atoms with Gasteiger partial charge in [0.2, 0.25) is 0 Å². The number of benzene rings is 2. The number of anilines is 1. The van der Waals surface area contributed by atoms with Gasteiger partial charge in [-0.2, -0.15) is 0 Å². The molecule has 2 aliphatic heterocycles. The summed E-state index contributed by atoms with van der Waals surface area (Å²) in [5.41, 5.74) is 9.48. The first kappa shape index (κ1) is 14.1. The molecule has 2 aromatic carbocycles. The van der Waals surface area contributed by atoms with E-state index in [2.05, 4.69) is 4.99 Å². The molecule has 2 aliphatic rings. The first-order valence-electron chi connectivity index (χ1n) is 7.69. The van der Waals surface area contributed by atoms with Gasteiger partial charge in [-0.3, -0.25) is 9.79 Å². The molecule has 2 aromatic rings. The van der Waals surface area contributed by atoms with Gasteiger partial charge in [0.25, 0.3) is 5.91 Å². The quantitative estimate of drug-likeness (QED) is 0.878. The van der Waals surface area contributed by atoms with Crippen molar-refractivity contribution in [2.45, 2.75) is 19.0 Å². The van der Waals surface area contributed by atoms with Crippen molar-refractivity contribution < 1.29 is 9.18 Å². The summed E-state index contributed by atoms with van der Waals surface area (Å²) in [6, 6.07) is 12.3. The largest absolute Gasteiger partial charge is 0.308 e. The van der Waals surface area contributed by atoms with Crippen molar-refractivity contribution in [1.29, 1.82) is 0 Å². The van der Waals surface area contributed by atoms with Gasteiger partial charge in [-0.05, 0) is 30.5 Å². The molecule has 2 N–H and O–H groups in total. The molecule has 5 heteroatoms. The van der Waals surface area contributed by atoms with E-state index in [1.165, 1.54) is 6.07 Å². The van der Waals surface area contributed by atoms with Crippen molar-refractivity contribution in [3.05, 3.63) is 65.0 Å². The number of aliphatic imine (C=N–C) groups is 1. The van der Waals surface area contributed by atoms with Gasteiger partial charge < -0.3 is 10.6 Å². The van der Waals surface area contributed by atoms with E-state index >= 15 is 0 Å². The Labute approximate surface area is 133 Å². The zero-order valence-electron chi connectivity index (χ0n) is 12.5. The predicted molar refractivity (Wildman–Crippen MR) is 87.1 cm³/mol. The van der Waals surface area contributed by atoms with E-state index in [0.29, 0.717) is 17.8 Å². The molecule has 1 unspecified atom stereocenters. The molecule has 0 fully saturated rings. The van der Waals surface area contributed by atoms with Crippen molar-refractivity contribution in [2.75, 3.05) is 11.4 Å². The zero-order chi connectivity index (χ0) is 16.0. The molecule has 116 valence electrons. The number of halogens is 1. The van der Waals surface area contributed by atoms with E-state index in [0.717, 1.165) is 29.7 Å². The Morgan fingerprint density at radius 2 is 1.91 bits per heavy atom. The number of nitrogens with zero attached hydrogens (tertiary/aromatic N) is 2. The summed E-state index contributed by atoms with van der Waals surface area (Å²) in [5.74, 6) is -0.600. The lowest BCUT2D eigenvalue weighted by Crippen LogP contribution is -2.44. The van der Waals surface area contributed by atoms with Gasteiger partial charge >= 0.3 is 0 Å². The van der Waals surface area contributed by atoms with Gasteiger partial charge in [0.15, 0.2) is 6.17 Å². The Kier molecular flexibility index (Phi) is 3.23. The van der Waals surface area contributed by atoms with E-state index in [1.54, 1.807) is 23.1 Å². The number of hydrogen-bond donors (Lipinski definition) is 1. The van der Waals surface area contributed by atoms with Crippen LogP contribution in [-0.2, 0) is 11.2 Å². The second-order valence-corrected chi connectivity index (χ2v) is 5.81. The number of carbonyl (C=O) groups excluding carboxylic acids is 1. The molecular formula is C18H16FN3O. The van der Waals surface area contributed by atoms with Crippen LogP contribution in [0.3, 0.4) is 0 Å². The molecular weight excluding hydrogens is 293 g/mol. The summed E-state index contributed by atoms with van der Waals surface area (Å²) in [6.07, 6.45) is 0.777. The van der Waals surface area contributed by atoms with Gasteiger partial charge in [0.05, 0.1) is 11.4 Å². The fourth-order valence-electron chi connectivity index (χ4n) is 3.35. The second kappa shape index (κ2) is 5.28. The molecule has 23 heavy (non-hydrogen) atoms. The SMILES string of the molecule is NC1N=C(c2ccccc2F)c2cccc3c2N(CCC3)C1=O. The maximum absolute atomic E-state index is 14.3. The first-order chi connectivity index (χ1) is 11.2. The monoisotopic (exact) mass is 309 g/mol. The van der Waals surface area contributed by atoms with Gasteiger partial charge in [-0.1, -0.05) is 30.3 Å². The number of nitrogens with two attached hydrogens (primary N) is 1. The van der Waals surface area contributed by atoms with Gasteiger partial charge in [0, 0.05) is 17.7 Å². The van der Waals surface area contributed by atoms with Crippen molar-refractivity contribution in [1.82, 2.24) is 0 Å². The van der Waals surface area contributed by atoms with E-state index < -0.39 is 6.17 Å². The average molecular weight is 309 g/mol. The molecule has 0 saturated heterocycles. The lowest BCUT2D eigenvalue weighted by molar-refractivity contribution is -0.119. The Morgan fingerprint density at radius 1 is 1.13 bits per heavy atom. The first-order valence-corrected chi connectivity index (χ1v) is 7.69. The third kappa shape index (κ3) is 2.16. The van der Waals surface area contributed by atoms with E-state index in [9.17, 15) is 9.18 Å². The number of carbonyl (C=O) groups is 1. The fraction of sp³-hybridized carbons (Fsp3) is 0.222. The molecule has 4 rings (SSSR count). The molecule has 2 heterocycles. The Morgan fingerprint density at radius 3 is 2.74 bits per heavy atom. The molecule has 0 spiro atoms. The molecule has 4 nitrogen and oxygen atoms in total. The third-order valence-corrected chi connectivity index (χ3v) is 4.39. The minimum Gasteiger partial charge on any atom is -0.308 e. The third-order valence-electron chi connectivity index (χ3n) is 4.39. The summed E-state index contributed by atoms with van der Waals surface area (Å²) in [7, 11) is 0. The molecule has 0 radical (unpaired) electrons. The van der Waals surface area contributed by atoms with Crippen LogP contribution in [-0.4, -0.2) is 24.3 Å². The van der Waals surface area contributed by atoms with Crippen LogP contribution in [0.1, 0.15) is 23.1 Å². The molecule has 0 aromatic heterocycles. The van der Waals surface area contributed by atoms with Crippen molar-refractivity contribution in [3.8, 4) is 0 Å². The summed E-state index contributed by atoms with van der Waals surface area (Å²) in [4.78, 5) is 18.7. The van der Waals surface area contributed by atoms with Crippen LogP contribution >= 0.6 is 0 Å². The predicted octanol–water partition coefficient (Wildman–Crippen LogP) is 2.24. The molecule has 1 amide bonds. The zero-order valence-corrected chi connectivity index (χ0v) is 12.5. The summed E-state index contributed by atoms with van der Waals surface area (Å²) < 4.78 is 14.3. The highest BCUT2D eigenvalue weighted by Gasteiger charge is 2.33. The van der Waals surface area contributed by atoms with Crippen molar-refractivity contribution >= 4 is 17.3 Å². The number of para-hydroxylation sites is 1. The lowest BCUT2D eigenvalue weighted by atomic mass is 9.93. The number of amides is 1. The number of aryl methyl sites for hydroxylation is 1. The summed E-state index contributed by atoms with van der Waals surface area (Å²) in [6.45, 7) is 0.622. The number of hydrogen-bond acceptors (Lipinski definition) is 3. The Hall–Kier alpha value is -2.53. The maximum atomic E-state index is 14.3. The van der Waals surface area contributed by atoms with Gasteiger partial charge in [-0.15, -0.1) is 0 Å². The highest BCUT2D eigenvalue weighted by molar-refractivity contribution is 6.20. The summed E-state index contributed by atoms with van der Waals surface area (Å²) in [5, 5.41) is 0. The Bertz CT molecular complexity index is 831. The highest BCUT2D eigenvalue weighted by Crippen LogP contribution is 2.35. The van der Waals surface area contributed by atoms with E-state index in [1.807, 2.05) is 18.2 Å². The normalized spacial score (nSPS) is 19.9. The minimum absolute atomic E-state index is 0.232. The molecule has 1 atom stereocenters. The van der Waals surface area contributed by atoms with Crippen LogP contribution in [0.15, 0.2) is 47.5 Å². The van der Waals surface area contributed by atoms with Gasteiger partial charge in [-0.25, -0.2) is 4.39 Å². The van der Waals surface area contributed by atoms with Crippen LogP contribution < -0.4 is 10.6 Å². The van der Waals surface area contributed by atoms with E-state index in [4.69, 9.17) is 5.73 Å². The summed E-state index contributed by atoms with van der Waals surface area (Å²) >= 11 is 0. The maximum Gasteiger partial charge on any atom is 0.266 e. The Balaban J connectivity index is 2.01. The topological polar surface area (TPSA) is 58.7 Å². The van der Waals surface area contributed by atoms with Crippen LogP contribution in [0.25, 0.3) is 0 Å². The minimum atomic E-state index is -1.01. The fourth-order valence-corrected chi connectivity index (χ4v) is 3.35. The average Bonchev–Trinajstić information content (AvgIpc) is 2.68. The van der Waals surface area contributed by atoms with Crippen LogP contribution in [0, 0.1) is 5.82 Å². The smallest absolute Gasteiger partial charge is 0.266 e.